The van der Waals surface area contributed by atoms with Crippen LogP contribution in [0.5, 0.6) is 0 Å². The van der Waals surface area contributed by atoms with Gasteiger partial charge in [-0.15, -0.1) is 0 Å². The third-order valence-corrected chi connectivity index (χ3v) is 8.33. The number of nitrogen functional groups attached to an aromatic ring is 1. The quantitative estimate of drug-likeness (QED) is 0.239. The van der Waals surface area contributed by atoms with E-state index in [-0.39, 0.29) is 36.3 Å². The molecule has 11 heteroatoms. The molecule has 2 amide bonds. The molecule has 2 heterocycles. The van der Waals surface area contributed by atoms with Crippen LogP contribution in [0.2, 0.25) is 0 Å². The van der Waals surface area contributed by atoms with Crippen LogP contribution in [0.25, 0.3) is 0 Å². The fourth-order valence-electron chi connectivity index (χ4n) is 6.09. The van der Waals surface area contributed by atoms with E-state index in [9.17, 15) is 22.8 Å². The summed E-state index contributed by atoms with van der Waals surface area (Å²) in [7, 11) is 1.78. The first-order valence-corrected chi connectivity index (χ1v) is 14.2. The molecule has 2 fully saturated rings. The van der Waals surface area contributed by atoms with Gasteiger partial charge in [-0.2, -0.15) is 13.2 Å². The minimum atomic E-state index is -4.40. The molecule has 0 saturated carbocycles. The lowest BCUT2D eigenvalue weighted by Gasteiger charge is -2.27. The second-order valence-electron chi connectivity index (χ2n) is 11.2. The summed E-state index contributed by atoms with van der Waals surface area (Å²) < 4.78 is 39.1. The molecule has 0 aliphatic carbocycles. The number of anilines is 2. The standard InChI is InChI=1S/C32H36F3N5O2.H3N/c1-37-27-12-9-21(14-26(27)36)17-39-30(41)29-15-22(13-20-7-10-25(11-8-20)32(33,34)35)19-40(29)31(42)28-16-24(18-38-28)23-5-3-2-4-6-23;/h2-12,14,22,24,28-29,37-38H,13,15-19,36H2,1H3,(H,39,41);1H3/t22-,24-,28-,29+;/m1./s1. The molecule has 0 bridgehead atoms. The van der Waals surface area contributed by atoms with Crippen LogP contribution in [0, 0.1) is 5.92 Å². The molecule has 0 aromatic heterocycles. The lowest BCUT2D eigenvalue weighted by atomic mass is 9.96. The largest absolute Gasteiger partial charge is 0.416 e. The molecule has 3 aromatic rings. The van der Waals surface area contributed by atoms with Gasteiger partial charge in [0, 0.05) is 26.7 Å². The van der Waals surface area contributed by atoms with Gasteiger partial charge in [-0.05, 0) is 72.1 Å². The van der Waals surface area contributed by atoms with Gasteiger partial charge in [0.15, 0.2) is 0 Å². The maximum absolute atomic E-state index is 13.8. The molecule has 4 atom stereocenters. The summed E-state index contributed by atoms with van der Waals surface area (Å²) in [4.78, 5) is 29.0. The van der Waals surface area contributed by atoms with E-state index in [0.717, 1.165) is 28.9 Å². The highest BCUT2D eigenvalue weighted by atomic mass is 19.4. The molecule has 3 aromatic carbocycles. The normalized spacial score (nSPS) is 21.7. The van der Waals surface area contributed by atoms with E-state index < -0.39 is 23.8 Å². The SMILES string of the molecule is CNc1ccc(CNC(=O)[C@@H]2C[C@@H](Cc3ccc(C(F)(F)F)cc3)CN2C(=O)[C@H]2C[C@@H](c3ccccc3)CN2)cc1N.N. The summed E-state index contributed by atoms with van der Waals surface area (Å²) in [6.45, 7) is 1.28. The average molecular weight is 597 g/mol. The van der Waals surface area contributed by atoms with Crippen molar-refractivity contribution in [2.75, 3.05) is 31.2 Å². The highest BCUT2D eigenvalue weighted by Gasteiger charge is 2.43. The Morgan fingerprint density at radius 2 is 1.70 bits per heavy atom. The average Bonchev–Trinajstić information content (AvgIpc) is 3.64. The van der Waals surface area contributed by atoms with Gasteiger partial charge in [-0.1, -0.05) is 48.5 Å². The first-order valence-electron chi connectivity index (χ1n) is 14.2. The number of hydrogen-bond acceptors (Lipinski definition) is 6. The maximum atomic E-state index is 13.8. The van der Waals surface area contributed by atoms with E-state index in [1.807, 2.05) is 30.3 Å². The summed E-state index contributed by atoms with van der Waals surface area (Å²) >= 11 is 0. The Morgan fingerprint density at radius 3 is 2.35 bits per heavy atom. The minimum absolute atomic E-state index is 0. The number of rotatable bonds is 8. The predicted octanol–water partition coefficient (Wildman–Crippen LogP) is 4.71. The lowest BCUT2D eigenvalue weighted by Crippen LogP contribution is -2.51. The first kappa shape index (κ1) is 31.8. The van der Waals surface area contributed by atoms with Crippen LogP contribution >= 0.6 is 0 Å². The number of alkyl halides is 3. The summed E-state index contributed by atoms with van der Waals surface area (Å²) in [5.74, 6) is -0.249. The van der Waals surface area contributed by atoms with Crippen LogP contribution in [0.4, 0.5) is 24.5 Å². The van der Waals surface area contributed by atoms with Crippen molar-refractivity contribution in [2.45, 2.75) is 50.0 Å². The smallest absolute Gasteiger partial charge is 0.397 e. The fraction of sp³-hybridized carbons (Fsp3) is 0.375. The van der Waals surface area contributed by atoms with Crippen molar-refractivity contribution in [3.8, 4) is 0 Å². The monoisotopic (exact) mass is 596 g/mol. The molecule has 5 rings (SSSR count). The van der Waals surface area contributed by atoms with Crippen molar-refractivity contribution in [3.63, 3.8) is 0 Å². The number of amides is 2. The fourth-order valence-corrected chi connectivity index (χ4v) is 6.09. The van der Waals surface area contributed by atoms with E-state index in [1.165, 1.54) is 17.7 Å². The van der Waals surface area contributed by atoms with Crippen molar-refractivity contribution in [1.29, 1.82) is 0 Å². The van der Waals surface area contributed by atoms with Gasteiger partial charge in [0.2, 0.25) is 11.8 Å². The van der Waals surface area contributed by atoms with Crippen molar-refractivity contribution in [2.24, 2.45) is 5.92 Å². The summed E-state index contributed by atoms with van der Waals surface area (Å²) in [6, 6.07) is 19.6. The van der Waals surface area contributed by atoms with Crippen molar-refractivity contribution in [3.05, 3.63) is 95.1 Å². The molecule has 230 valence electrons. The Morgan fingerprint density at radius 1 is 1.00 bits per heavy atom. The van der Waals surface area contributed by atoms with Crippen molar-refractivity contribution in [1.82, 2.24) is 21.7 Å². The number of halogens is 3. The van der Waals surface area contributed by atoms with Gasteiger partial charge in [0.25, 0.3) is 0 Å². The molecular weight excluding hydrogens is 557 g/mol. The maximum Gasteiger partial charge on any atom is 0.416 e. The Labute approximate surface area is 249 Å². The minimum Gasteiger partial charge on any atom is -0.397 e. The molecule has 0 spiro atoms. The van der Waals surface area contributed by atoms with E-state index in [0.29, 0.717) is 38.0 Å². The molecule has 8 nitrogen and oxygen atoms in total. The number of hydrogen-bond donors (Lipinski definition) is 5. The van der Waals surface area contributed by atoms with Gasteiger partial charge in [-0.25, -0.2) is 0 Å². The zero-order valence-electron chi connectivity index (χ0n) is 24.2. The van der Waals surface area contributed by atoms with E-state index in [1.54, 1.807) is 18.0 Å². The molecular formula is C32H39F3N6O2. The van der Waals surface area contributed by atoms with Crippen LogP contribution in [0.1, 0.15) is 41.0 Å². The van der Waals surface area contributed by atoms with Crippen molar-refractivity contribution < 1.29 is 22.8 Å². The topological polar surface area (TPSA) is 134 Å². The molecule has 0 unspecified atom stereocenters. The molecule has 0 radical (unpaired) electrons. The third kappa shape index (κ3) is 7.47. The van der Waals surface area contributed by atoms with E-state index in [2.05, 4.69) is 28.1 Å². The third-order valence-electron chi connectivity index (χ3n) is 8.33. The van der Waals surface area contributed by atoms with Crippen LogP contribution in [-0.2, 0) is 28.7 Å². The second kappa shape index (κ2) is 13.5. The lowest BCUT2D eigenvalue weighted by molar-refractivity contribution is -0.139. The zero-order chi connectivity index (χ0) is 29.9. The van der Waals surface area contributed by atoms with Gasteiger partial charge in [0.1, 0.15) is 6.04 Å². The summed E-state index contributed by atoms with van der Waals surface area (Å²) in [6.07, 6.45) is -2.87. The first-order chi connectivity index (χ1) is 20.1. The summed E-state index contributed by atoms with van der Waals surface area (Å²) in [5, 5.41) is 9.33. The molecule has 43 heavy (non-hydrogen) atoms. The van der Waals surface area contributed by atoms with Crippen LogP contribution < -0.4 is 27.8 Å². The highest BCUT2D eigenvalue weighted by Crippen LogP contribution is 2.33. The molecule has 8 N–H and O–H groups in total. The predicted molar refractivity (Wildman–Crippen MR) is 162 cm³/mol. The number of carbonyl (C=O) groups is 2. The number of nitrogens with two attached hydrogens (primary N) is 1. The second-order valence-corrected chi connectivity index (χ2v) is 11.2. The van der Waals surface area contributed by atoms with E-state index >= 15 is 0 Å². The van der Waals surface area contributed by atoms with Crippen LogP contribution in [0.3, 0.4) is 0 Å². The number of nitrogens with zero attached hydrogens (tertiary/aromatic N) is 1. The van der Waals surface area contributed by atoms with Gasteiger partial charge in [0.05, 0.1) is 23.0 Å². The van der Waals surface area contributed by atoms with Gasteiger partial charge in [-0.3, -0.25) is 9.59 Å². The Hall–Kier alpha value is -4.09. The van der Waals surface area contributed by atoms with Crippen LogP contribution in [0.15, 0.2) is 72.8 Å². The molecule has 2 aliphatic heterocycles. The Bertz CT molecular complexity index is 1400. The van der Waals surface area contributed by atoms with Crippen LogP contribution in [-0.4, -0.2) is 48.9 Å². The molecule has 2 aliphatic rings. The number of carbonyl (C=O) groups excluding carboxylic acids is 2. The Balaban J connectivity index is 0.00000423. The Kier molecular flexibility index (Phi) is 9.98. The number of nitrogens with one attached hydrogen (secondary N) is 3. The van der Waals surface area contributed by atoms with Crippen molar-refractivity contribution >= 4 is 23.2 Å². The number of likely N-dealkylation sites (tertiary alicyclic amines) is 1. The van der Waals surface area contributed by atoms with Gasteiger partial charge < -0.3 is 32.7 Å². The van der Waals surface area contributed by atoms with E-state index in [4.69, 9.17) is 5.73 Å². The number of benzene rings is 3. The van der Waals surface area contributed by atoms with Gasteiger partial charge >= 0.3 is 6.18 Å². The highest BCUT2D eigenvalue weighted by molar-refractivity contribution is 5.90. The summed E-state index contributed by atoms with van der Waals surface area (Å²) in [5.41, 5.74) is 9.48. The zero-order valence-corrected chi connectivity index (χ0v) is 24.2. The molecule has 2 saturated heterocycles.